The summed E-state index contributed by atoms with van der Waals surface area (Å²) in [7, 11) is 0. The Bertz CT molecular complexity index is 438. The van der Waals surface area contributed by atoms with Crippen LogP contribution in [-0.2, 0) is 6.42 Å². The molecule has 0 spiro atoms. The molecule has 2 fully saturated rings. The first-order valence-corrected chi connectivity index (χ1v) is 7.96. The summed E-state index contributed by atoms with van der Waals surface area (Å²) in [5.41, 5.74) is 0.852. The molecule has 2 unspecified atom stereocenters. The van der Waals surface area contributed by atoms with Crippen LogP contribution in [0.4, 0.5) is 4.39 Å². The Balaban J connectivity index is 1.63. The molecule has 2 nitrogen and oxygen atoms in total. The van der Waals surface area contributed by atoms with Crippen molar-refractivity contribution < 1.29 is 4.39 Å². The van der Waals surface area contributed by atoms with Crippen LogP contribution in [-0.4, -0.2) is 36.1 Å². The minimum Gasteiger partial charge on any atom is -0.313 e. The van der Waals surface area contributed by atoms with Gasteiger partial charge < -0.3 is 5.32 Å². The quantitative estimate of drug-likeness (QED) is 0.859. The van der Waals surface area contributed by atoms with E-state index in [4.69, 9.17) is 0 Å². The van der Waals surface area contributed by atoms with E-state index in [0.717, 1.165) is 31.1 Å². The van der Waals surface area contributed by atoms with Crippen molar-refractivity contribution in [2.24, 2.45) is 0 Å². The molecular formula is C17H25FN2. The van der Waals surface area contributed by atoms with Crippen molar-refractivity contribution in [2.45, 2.75) is 57.2 Å². The molecule has 1 aromatic carbocycles. The molecule has 3 rings (SSSR count). The van der Waals surface area contributed by atoms with E-state index in [1.54, 1.807) is 12.1 Å². The maximum atomic E-state index is 13.8. The van der Waals surface area contributed by atoms with Gasteiger partial charge in [-0.3, -0.25) is 4.90 Å². The molecule has 2 atom stereocenters. The molecule has 1 heterocycles. The topological polar surface area (TPSA) is 15.3 Å². The van der Waals surface area contributed by atoms with Gasteiger partial charge in [-0.15, -0.1) is 0 Å². The zero-order valence-electron chi connectivity index (χ0n) is 12.3. The van der Waals surface area contributed by atoms with Gasteiger partial charge in [-0.1, -0.05) is 18.2 Å². The number of nitrogens with zero attached hydrogens (tertiary/aromatic N) is 1. The Morgan fingerprint density at radius 2 is 2.10 bits per heavy atom. The molecule has 0 aromatic heterocycles. The minimum atomic E-state index is -0.0610. The number of nitrogens with one attached hydrogen (secondary N) is 1. The van der Waals surface area contributed by atoms with Crippen molar-refractivity contribution in [3.63, 3.8) is 0 Å². The maximum absolute atomic E-state index is 13.8. The molecule has 1 N–H and O–H groups in total. The van der Waals surface area contributed by atoms with Gasteiger partial charge in [0.15, 0.2) is 0 Å². The Morgan fingerprint density at radius 1 is 1.30 bits per heavy atom. The van der Waals surface area contributed by atoms with Crippen molar-refractivity contribution in [2.75, 3.05) is 13.1 Å². The minimum absolute atomic E-state index is 0.0610. The van der Waals surface area contributed by atoms with Crippen LogP contribution in [0.1, 0.15) is 38.2 Å². The van der Waals surface area contributed by atoms with Gasteiger partial charge in [0, 0.05) is 24.7 Å². The Morgan fingerprint density at radius 3 is 2.75 bits per heavy atom. The standard InChI is InChI=1S/C17H25FN2/c1-13(11-14-5-2-3-7-17(14)18)20(16-8-9-16)12-15-6-4-10-19-15/h2-3,5,7,13,15-16,19H,4,6,8-12H2,1H3. The highest BCUT2D eigenvalue weighted by atomic mass is 19.1. The molecule has 0 radical (unpaired) electrons. The summed E-state index contributed by atoms with van der Waals surface area (Å²) < 4.78 is 13.8. The van der Waals surface area contributed by atoms with Crippen molar-refractivity contribution in [3.05, 3.63) is 35.6 Å². The third-order valence-electron chi connectivity index (χ3n) is 4.65. The average molecular weight is 276 g/mol. The van der Waals surface area contributed by atoms with Crippen LogP contribution in [0.25, 0.3) is 0 Å². The van der Waals surface area contributed by atoms with E-state index in [9.17, 15) is 4.39 Å². The van der Waals surface area contributed by atoms with Crippen LogP contribution in [0.15, 0.2) is 24.3 Å². The first kappa shape index (κ1) is 14.0. The van der Waals surface area contributed by atoms with E-state index in [1.807, 2.05) is 12.1 Å². The highest BCUT2D eigenvalue weighted by Crippen LogP contribution is 2.30. The molecular weight excluding hydrogens is 251 g/mol. The maximum Gasteiger partial charge on any atom is 0.126 e. The third-order valence-corrected chi connectivity index (χ3v) is 4.65. The molecule has 1 saturated heterocycles. The molecule has 20 heavy (non-hydrogen) atoms. The smallest absolute Gasteiger partial charge is 0.126 e. The zero-order valence-corrected chi connectivity index (χ0v) is 12.3. The first-order valence-electron chi connectivity index (χ1n) is 7.96. The normalized spacial score (nSPS) is 24.2. The van der Waals surface area contributed by atoms with Gasteiger partial charge in [0.2, 0.25) is 0 Å². The molecule has 1 aliphatic carbocycles. The number of hydrogen-bond donors (Lipinski definition) is 1. The first-order chi connectivity index (χ1) is 9.74. The summed E-state index contributed by atoms with van der Waals surface area (Å²) in [5.74, 6) is -0.0610. The van der Waals surface area contributed by atoms with Gasteiger partial charge in [-0.05, 0) is 57.2 Å². The fraction of sp³-hybridized carbons (Fsp3) is 0.647. The van der Waals surface area contributed by atoms with Crippen LogP contribution < -0.4 is 5.32 Å². The monoisotopic (exact) mass is 276 g/mol. The molecule has 3 heteroatoms. The van der Waals surface area contributed by atoms with Gasteiger partial charge in [0.05, 0.1) is 0 Å². The van der Waals surface area contributed by atoms with Gasteiger partial charge in [0.25, 0.3) is 0 Å². The molecule has 1 aliphatic heterocycles. The van der Waals surface area contributed by atoms with E-state index >= 15 is 0 Å². The highest BCUT2D eigenvalue weighted by molar-refractivity contribution is 5.18. The molecule has 0 amide bonds. The van der Waals surface area contributed by atoms with Crippen molar-refractivity contribution >= 4 is 0 Å². The lowest BCUT2D eigenvalue weighted by Gasteiger charge is -2.31. The lowest BCUT2D eigenvalue weighted by molar-refractivity contribution is 0.179. The molecule has 2 aliphatic rings. The summed E-state index contributed by atoms with van der Waals surface area (Å²) in [6.45, 7) is 4.53. The predicted octanol–water partition coefficient (Wildman–Crippen LogP) is 2.97. The zero-order chi connectivity index (χ0) is 13.9. The Hall–Kier alpha value is -0.930. The van der Waals surface area contributed by atoms with Gasteiger partial charge in [0.1, 0.15) is 5.82 Å². The Kier molecular flexibility index (Phi) is 4.37. The number of hydrogen-bond acceptors (Lipinski definition) is 2. The van der Waals surface area contributed by atoms with E-state index in [2.05, 4.69) is 17.1 Å². The predicted molar refractivity (Wildman–Crippen MR) is 80.3 cm³/mol. The SMILES string of the molecule is CC(Cc1ccccc1F)N(CC1CCCN1)C1CC1. The van der Waals surface area contributed by atoms with Gasteiger partial charge in [-0.25, -0.2) is 4.39 Å². The lowest BCUT2D eigenvalue weighted by Crippen LogP contribution is -2.44. The van der Waals surface area contributed by atoms with Crippen molar-refractivity contribution in [3.8, 4) is 0 Å². The second-order valence-electron chi connectivity index (χ2n) is 6.37. The van der Waals surface area contributed by atoms with Crippen molar-refractivity contribution in [1.29, 1.82) is 0 Å². The molecule has 110 valence electrons. The van der Waals surface area contributed by atoms with Crippen LogP contribution in [0.3, 0.4) is 0 Å². The molecule has 1 saturated carbocycles. The van der Waals surface area contributed by atoms with Crippen LogP contribution in [0, 0.1) is 5.82 Å². The van der Waals surface area contributed by atoms with E-state index < -0.39 is 0 Å². The summed E-state index contributed by atoms with van der Waals surface area (Å²) in [6.07, 6.45) is 6.03. The largest absolute Gasteiger partial charge is 0.313 e. The summed E-state index contributed by atoms with van der Waals surface area (Å²) in [6, 6.07) is 8.99. The van der Waals surface area contributed by atoms with Crippen molar-refractivity contribution in [1.82, 2.24) is 10.2 Å². The van der Waals surface area contributed by atoms with E-state index in [-0.39, 0.29) is 5.82 Å². The molecule has 0 bridgehead atoms. The van der Waals surface area contributed by atoms with Gasteiger partial charge in [-0.2, -0.15) is 0 Å². The number of halogens is 1. The summed E-state index contributed by atoms with van der Waals surface area (Å²) in [5, 5.41) is 3.58. The second kappa shape index (κ2) is 6.23. The lowest BCUT2D eigenvalue weighted by atomic mass is 10.0. The highest BCUT2D eigenvalue weighted by Gasteiger charge is 2.34. The van der Waals surface area contributed by atoms with Crippen LogP contribution in [0.2, 0.25) is 0 Å². The second-order valence-corrected chi connectivity index (χ2v) is 6.37. The number of benzene rings is 1. The fourth-order valence-corrected chi connectivity index (χ4v) is 3.36. The fourth-order valence-electron chi connectivity index (χ4n) is 3.36. The Labute approximate surface area is 121 Å². The summed E-state index contributed by atoms with van der Waals surface area (Å²) in [4.78, 5) is 2.61. The van der Waals surface area contributed by atoms with Gasteiger partial charge >= 0.3 is 0 Å². The third kappa shape index (κ3) is 3.39. The van der Waals surface area contributed by atoms with E-state index in [0.29, 0.717) is 12.1 Å². The molecule has 1 aromatic rings. The summed E-state index contributed by atoms with van der Waals surface area (Å²) >= 11 is 0. The average Bonchev–Trinajstić information content (AvgIpc) is 3.15. The van der Waals surface area contributed by atoms with Crippen LogP contribution in [0.5, 0.6) is 0 Å². The number of rotatable bonds is 6. The van der Waals surface area contributed by atoms with Crippen LogP contribution >= 0.6 is 0 Å². The van der Waals surface area contributed by atoms with E-state index in [1.165, 1.54) is 25.7 Å².